The highest BCUT2D eigenvalue weighted by Gasteiger charge is 2.33. The van der Waals surface area contributed by atoms with E-state index in [0.29, 0.717) is 6.54 Å². The van der Waals surface area contributed by atoms with E-state index < -0.39 is 4.92 Å². The number of hydrogen-bond donors (Lipinski definition) is 0. The summed E-state index contributed by atoms with van der Waals surface area (Å²) >= 11 is 5.99. The van der Waals surface area contributed by atoms with Crippen molar-refractivity contribution in [3.05, 3.63) is 38.9 Å². The van der Waals surface area contributed by atoms with Crippen LogP contribution in [0.3, 0.4) is 0 Å². The Morgan fingerprint density at radius 1 is 1.53 bits per heavy atom. The number of amides is 1. The van der Waals surface area contributed by atoms with E-state index in [-0.39, 0.29) is 28.2 Å². The van der Waals surface area contributed by atoms with Crippen LogP contribution >= 0.6 is 11.6 Å². The van der Waals surface area contributed by atoms with Crippen LogP contribution in [0.4, 0.5) is 5.69 Å². The van der Waals surface area contributed by atoms with E-state index >= 15 is 0 Å². The van der Waals surface area contributed by atoms with Gasteiger partial charge in [-0.25, -0.2) is 0 Å². The summed E-state index contributed by atoms with van der Waals surface area (Å²) in [5, 5.41) is 11.0. The van der Waals surface area contributed by atoms with E-state index in [1.807, 2.05) is 6.92 Å². The Bertz CT molecular complexity index is 515. The fraction of sp³-hybridized carbons (Fsp3) is 0.462. The molecule has 102 valence electrons. The zero-order valence-electron chi connectivity index (χ0n) is 10.6. The zero-order chi connectivity index (χ0) is 14.0. The molecule has 2 rings (SSSR count). The molecular formula is C13H15ClN2O3. The molecule has 0 aromatic heterocycles. The monoisotopic (exact) mass is 282 g/mol. The van der Waals surface area contributed by atoms with Crippen LogP contribution in [-0.4, -0.2) is 28.3 Å². The molecule has 0 saturated heterocycles. The van der Waals surface area contributed by atoms with Crippen LogP contribution in [0.5, 0.6) is 0 Å². The standard InChI is InChI=1S/C13H15ClN2O3/c1-2-7-15(9-3-4-9)13(17)11-8-10(16(18)19)5-6-12(11)14/h5-6,8-9H,2-4,7H2,1H3. The number of carbonyl (C=O) groups excluding carboxylic acids is 1. The first-order valence-corrected chi connectivity index (χ1v) is 6.67. The summed E-state index contributed by atoms with van der Waals surface area (Å²) in [7, 11) is 0. The van der Waals surface area contributed by atoms with Crippen LogP contribution in [0.25, 0.3) is 0 Å². The molecular weight excluding hydrogens is 268 g/mol. The quantitative estimate of drug-likeness (QED) is 0.615. The number of hydrogen-bond acceptors (Lipinski definition) is 3. The van der Waals surface area contributed by atoms with Crippen LogP contribution in [0.2, 0.25) is 5.02 Å². The molecule has 1 fully saturated rings. The molecule has 19 heavy (non-hydrogen) atoms. The molecule has 1 saturated carbocycles. The molecule has 0 N–H and O–H groups in total. The maximum Gasteiger partial charge on any atom is 0.270 e. The van der Waals surface area contributed by atoms with Crippen molar-refractivity contribution in [2.24, 2.45) is 0 Å². The van der Waals surface area contributed by atoms with Crippen LogP contribution in [-0.2, 0) is 0 Å². The molecule has 6 heteroatoms. The van der Waals surface area contributed by atoms with Gasteiger partial charge >= 0.3 is 0 Å². The lowest BCUT2D eigenvalue weighted by molar-refractivity contribution is -0.384. The van der Waals surface area contributed by atoms with Crippen molar-refractivity contribution < 1.29 is 9.72 Å². The third-order valence-corrected chi connectivity index (χ3v) is 3.43. The first kappa shape index (κ1) is 13.8. The third kappa shape index (κ3) is 3.04. The fourth-order valence-corrected chi connectivity index (χ4v) is 2.22. The second kappa shape index (κ2) is 5.57. The van der Waals surface area contributed by atoms with Gasteiger partial charge in [0.1, 0.15) is 0 Å². The Morgan fingerprint density at radius 2 is 2.21 bits per heavy atom. The van der Waals surface area contributed by atoms with E-state index in [2.05, 4.69) is 0 Å². The smallest absolute Gasteiger partial charge is 0.270 e. The van der Waals surface area contributed by atoms with Crippen LogP contribution < -0.4 is 0 Å². The summed E-state index contributed by atoms with van der Waals surface area (Å²) in [5.74, 6) is -0.210. The number of nitro groups is 1. The highest BCUT2D eigenvalue weighted by atomic mass is 35.5. The molecule has 1 aromatic carbocycles. The van der Waals surface area contributed by atoms with Gasteiger partial charge in [0.15, 0.2) is 0 Å². The molecule has 5 nitrogen and oxygen atoms in total. The van der Waals surface area contributed by atoms with Crippen molar-refractivity contribution in [1.82, 2.24) is 4.90 Å². The van der Waals surface area contributed by atoms with Gasteiger partial charge in [-0.1, -0.05) is 18.5 Å². The maximum atomic E-state index is 12.4. The Labute approximate surface area is 116 Å². The minimum absolute atomic E-state index is 0.111. The first-order chi connectivity index (χ1) is 9.04. The molecule has 1 aliphatic rings. The minimum Gasteiger partial charge on any atom is -0.336 e. The number of rotatable bonds is 5. The van der Waals surface area contributed by atoms with Crippen LogP contribution in [0.1, 0.15) is 36.5 Å². The van der Waals surface area contributed by atoms with E-state index in [9.17, 15) is 14.9 Å². The van der Waals surface area contributed by atoms with Crippen molar-refractivity contribution >= 4 is 23.2 Å². The molecule has 1 aliphatic carbocycles. The van der Waals surface area contributed by atoms with Gasteiger partial charge < -0.3 is 4.90 Å². The molecule has 1 amide bonds. The van der Waals surface area contributed by atoms with Gasteiger partial charge in [-0.3, -0.25) is 14.9 Å². The largest absolute Gasteiger partial charge is 0.336 e. The summed E-state index contributed by atoms with van der Waals surface area (Å²) < 4.78 is 0. The second-order valence-electron chi connectivity index (χ2n) is 4.65. The van der Waals surface area contributed by atoms with E-state index in [1.54, 1.807) is 4.90 Å². The Hall–Kier alpha value is -1.62. The van der Waals surface area contributed by atoms with Gasteiger partial charge in [0.25, 0.3) is 11.6 Å². The molecule has 0 aliphatic heterocycles. The number of carbonyl (C=O) groups is 1. The van der Waals surface area contributed by atoms with Crippen molar-refractivity contribution in [1.29, 1.82) is 0 Å². The van der Waals surface area contributed by atoms with Gasteiger partial charge in [-0.05, 0) is 25.3 Å². The van der Waals surface area contributed by atoms with Gasteiger partial charge in [0.05, 0.1) is 15.5 Å². The van der Waals surface area contributed by atoms with Crippen LogP contribution in [0.15, 0.2) is 18.2 Å². The lowest BCUT2D eigenvalue weighted by atomic mass is 10.1. The molecule has 1 aromatic rings. The molecule has 0 atom stereocenters. The average molecular weight is 283 g/mol. The van der Waals surface area contributed by atoms with Crippen molar-refractivity contribution in [2.75, 3.05) is 6.54 Å². The summed E-state index contributed by atoms with van der Waals surface area (Å²) in [6, 6.07) is 4.24. The summed E-state index contributed by atoms with van der Waals surface area (Å²) in [6.45, 7) is 2.65. The summed E-state index contributed by atoms with van der Waals surface area (Å²) in [5.41, 5.74) is 0.108. The molecule has 0 unspecified atom stereocenters. The lowest BCUT2D eigenvalue weighted by Gasteiger charge is -2.22. The molecule has 0 heterocycles. The van der Waals surface area contributed by atoms with Crippen molar-refractivity contribution in [3.63, 3.8) is 0 Å². The number of non-ortho nitro benzene ring substituents is 1. The Morgan fingerprint density at radius 3 is 2.74 bits per heavy atom. The number of nitro benzene ring substituents is 1. The van der Waals surface area contributed by atoms with Gasteiger partial charge in [-0.2, -0.15) is 0 Å². The number of benzene rings is 1. The lowest BCUT2D eigenvalue weighted by Crippen LogP contribution is -2.34. The fourth-order valence-electron chi connectivity index (χ4n) is 2.02. The highest BCUT2D eigenvalue weighted by molar-refractivity contribution is 6.33. The van der Waals surface area contributed by atoms with Gasteiger partial charge in [0, 0.05) is 24.7 Å². The van der Waals surface area contributed by atoms with E-state index in [4.69, 9.17) is 11.6 Å². The SMILES string of the molecule is CCCN(C(=O)c1cc([N+](=O)[O-])ccc1Cl)C1CC1. The first-order valence-electron chi connectivity index (χ1n) is 6.29. The van der Waals surface area contributed by atoms with Crippen LogP contribution in [0, 0.1) is 10.1 Å². The minimum atomic E-state index is -0.519. The summed E-state index contributed by atoms with van der Waals surface area (Å²) in [4.78, 5) is 24.4. The molecule has 0 bridgehead atoms. The topological polar surface area (TPSA) is 63.5 Å². The Balaban J connectivity index is 2.30. The zero-order valence-corrected chi connectivity index (χ0v) is 11.4. The van der Waals surface area contributed by atoms with Gasteiger partial charge in [-0.15, -0.1) is 0 Å². The van der Waals surface area contributed by atoms with Crippen molar-refractivity contribution in [3.8, 4) is 0 Å². The van der Waals surface area contributed by atoms with E-state index in [1.165, 1.54) is 18.2 Å². The predicted octanol–water partition coefficient (Wildman–Crippen LogP) is 3.26. The normalized spacial score (nSPS) is 14.2. The average Bonchev–Trinajstić information content (AvgIpc) is 3.19. The number of nitrogens with zero attached hydrogens (tertiary/aromatic N) is 2. The molecule has 0 spiro atoms. The van der Waals surface area contributed by atoms with E-state index in [0.717, 1.165) is 19.3 Å². The maximum absolute atomic E-state index is 12.4. The number of halogens is 1. The second-order valence-corrected chi connectivity index (χ2v) is 5.06. The van der Waals surface area contributed by atoms with Crippen molar-refractivity contribution in [2.45, 2.75) is 32.2 Å². The highest BCUT2D eigenvalue weighted by Crippen LogP contribution is 2.31. The third-order valence-electron chi connectivity index (χ3n) is 3.10. The summed E-state index contributed by atoms with van der Waals surface area (Å²) in [6.07, 6.45) is 2.85. The predicted molar refractivity (Wildman–Crippen MR) is 72.5 cm³/mol. The van der Waals surface area contributed by atoms with Gasteiger partial charge in [0.2, 0.25) is 0 Å². The molecule has 0 radical (unpaired) electrons. The Kier molecular flexibility index (Phi) is 4.04.